The summed E-state index contributed by atoms with van der Waals surface area (Å²) in [5.74, 6) is 0.364. The average molecular weight is 316 g/mol. The SMILES string of the molecule is COCCN(CCN=C(N)NC(C)(C)C)C(=O)OC(C)(C)C. The minimum Gasteiger partial charge on any atom is -0.444 e. The van der Waals surface area contributed by atoms with Crippen LogP contribution in [-0.2, 0) is 9.47 Å². The van der Waals surface area contributed by atoms with E-state index in [1.807, 2.05) is 41.5 Å². The lowest BCUT2D eigenvalue weighted by Gasteiger charge is -2.27. The Kier molecular flexibility index (Phi) is 8.22. The Morgan fingerprint density at radius 3 is 2.23 bits per heavy atom. The van der Waals surface area contributed by atoms with Crippen LogP contribution in [0.3, 0.4) is 0 Å². The number of carbonyl (C=O) groups excluding carboxylic acids is 1. The predicted molar refractivity (Wildman–Crippen MR) is 89.1 cm³/mol. The Morgan fingerprint density at radius 2 is 1.77 bits per heavy atom. The summed E-state index contributed by atoms with van der Waals surface area (Å²) >= 11 is 0. The van der Waals surface area contributed by atoms with Crippen LogP contribution in [0, 0.1) is 0 Å². The van der Waals surface area contributed by atoms with Crippen molar-refractivity contribution in [3.05, 3.63) is 0 Å². The number of nitrogens with two attached hydrogens (primary N) is 1. The summed E-state index contributed by atoms with van der Waals surface area (Å²) in [4.78, 5) is 17.9. The summed E-state index contributed by atoms with van der Waals surface area (Å²) in [5, 5.41) is 3.07. The number of ether oxygens (including phenoxy) is 2. The fourth-order valence-electron chi connectivity index (χ4n) is 1.54. The van der Waals surface area contributed by atoms with E-state index < -0.39 is 5.60 Å². The molecule has 0 aliphatic carbocycles. The Hall–Kier alpha value is -1.50. The molecule has 0 aliphatic heterocycles. The van der Waals surface area contributed by atoms with Gasteiger partial charge in [0.1, 0.15) is 5.60 Å². The number of rotatable bonds is 6. The highest BCUT2D eigenvalue weighted by Crippen LogP contribution is 2.09. The van der Waals surface area contributed by atoms with E-state index in [0.717, 1.165) is 0 Å². The molecular weight excluding hydrogens is 284 g/mol. The van der Waals surface area contributed by atoms with Crippen LogP contribution in [0.1, 0.15) is 41.5 Å². The lowest BCUT2D eigenvalue weighted by molar-refractivity contribution is 0.0208. The molecule has 0 rings (SSSR count). The first kappa shape index (κ1) is 20.5. The predicted octanol–water partition coefficient (Wildman–Crippen LogP) is 1.57. The maximum atomic E-state index is 12.1. The standard InChI is InChI=1S/C15H32N4O3/c1-14(2,3)18-12(16)17-8-9-19(10-11-21-7)13(20)22-15(4,5)6/h8-11H2,1-7H3,(H3,16,17,18). The Labute approximate surface area is 134 Å². The van der Waals surface area contributed by atoms with Gasteiger partial charge in [0.25, 0.3) is 0 Å². The lowest BCUT2D eigenvalue weighted by Crippen LogP contribution is -2.45. The zero-order valence-electron chi connectivity index (χ0n) is 15.0. The first-order valence-electron chi connectivity index (χ1n) is 7.49. The largest absolute Gasteiger partial charge is 0.444 e. The van der Waals surface area contributed by atoms with E-state index in [4.69, 9.17) is 15.2 Å². The molecule has 7 heteroatoms. The number of aliphatic imine (C=N–C) groups is 1. The van der Waals surface area contributed by atoms with E-state index in [2.05, 4.69) is 10.3 Å². The topological polar surface area (TPSA) is 89.2 Å². The molecule has 0 radical (unpaired) electrons. The van der Waals surface area contributed by atoms with Crippen LogP contribution >= 0.6 is 0 Å². The molecule has 0 aliphatic rings. The van der Waals surface area contributed by atoms with Gasteiger partial charge in [-0.25, -0.2) is 4.79 Å². The number of amides is 1. The fourth-order valence-corrected chi connectivity index (χ4v) is 1.54. The van der Waals surface area contributed by atoms with E-state index in [1.165, 1.54) is 0 Å². The third kappa shape index (κ3) is 11.2. The van der Waals surface area contributed by atoms with Crippen LogP contribution in [-0.4, -0.2) is 61.4 Å². The molecule has 0 atom stereocenters. The van der Waals surface area contributed by atoms with Gasteiger partial charge in [-0.1, -0.05) is 0 Å². The van der Waals surface area contributed by atoms with E-state index in [9.17, 15) is 4.79 Å². The van der Waals surface area contributed by atoms with E-state index >= 15 is 0 Å². The van der Waals surface area contributed by atoms with Gasteiger partial charge < -0.3 is 25.4 Å². The van der Waals surface area contributed by atoms with Crippen molar-refractivity contribution < 1.29 is 14.3 Å². The summed E-state index contributed by atoms with van der Waals surface area (Å²) in [6, 6.07) is 0. The minimum atomic E-state index is -0.529. The molecule has 0 aromatic heterocycles. The van der Waals surface area contributed by atoms with Crippen molar-refractivity contribution in [2.75, 3.05) is 33.4 Å². The zero-order valence-corrected chi connectivity index (χ0v) is 15.0. The van der Waals surface area contributed by atoms with Crippen molar-refractivity contribution in [3.63, 3.8) is 0 Å². The lowest BCUT2D eigenvalue weighted by atomic mass is 10.1. The number of nitrogens with one attached hydrogen (secondary N) is 1. The third-order valence-electron chi connectivity index (χ3n) is 2.37. The fraction of sp³-hybridized carbons (Fsp3) is 0.867. The van der Waals surface area contributed by atoms with Crippen molar-refractivity contribution in [1.82, 2.24) is 10.2 Å². The van der Waals surface area contributed by atoms with Crippen LogP contribution in [0.2, 0.25) is 0 Å². The van der Waals surface area contributed by atoms with Crippen molar-refractivity contribution in [2.45, 2.75) is 52.7 Å². The molecule has 0 saturated carbocycles. The average Bonchev–Trinajstić information content (AvgIpc) is 2.28. The van der Waals surface area contributed by atoms with Crippen LogP contribution in [0.4, 0.5) is 4.79 Å². The summed E-state index contributed by atoms with van der Waals surface area (Å²) in [6.07, 6.45) is -0.373. The maximum Gasteiger partial charge on any atom is 0.410 e. The number of hydrogen-bond acceptors (Lipinski definition) is 4. The molecule has 0 bridgehead atoms. The monoisotopic (exact) mass is 316 g/mol. The molecule has 7 nitrogen and oxygen atoms in total. The highest BCUT2D eigenvalue weighted by Gasteiger charge is 2.21. The quantitative estimate of drug-likeness (QED) is 0.573. The first-order chi connectivity index (χ1) is 9.94. The maximum absolute atomic E-state index is 12.1. The van der Waals surface area contributed by atoms with Crippen LogP contribution < -0.4 is 11.1 Å². The van der Waals surface area contributed by atoms with Crippen molar-refractivity contribution >= 4 is 12.1 Å². The molecule has 0 unspecified atom stereocenters. The highest BCUT2D eigenvalue weighted by molar-refractivity contribution is 5.78. The summed E-state index contributed by atoms with van der Waals surface area (Å²) in [6.45, 7) is 13.2. The number of hydrogen-bond donors (Lipinski definition) is 2. The van der Waals surface area contributed by atoms with E-state index in [0.29, 0.717) is 32.2 Å². The molecular formula is C15H32N4O3. The van der Waals surface area contributed by atoms with Gasteiger partial charge >= 0.3 is 6.09 Å². The van der Waals surface area contributed by atoms with Crippen LogP contribution in [0.25, 0.3) is 0 Å². The van der Waals surface area contributed by atoms with Gasteiger partial charge in [-0.05, 0) is 41.5 Å². The third-order valence-corrected chi connectivity index (χ3v) is 2.37. The second kappa shape index (κ2) is 8.82. The van der Waals surface area contributed by atoms with Crippen molar-refractivity contribution in [1.29, 1.82) is 0 Å². The smallest absolute Gasteiger partial charge is 0.410 e. The number of methoxy groups -OCH3 is 1. The second-order valence-electron chi connectivity index (χ2n) is 7.10. The zero-order chi connectivity index (χ0) is 17.4. The Morgan fingerprint density at radius 1 is 1.18 bits per heavy atom. The van der Waals surface area contributed by atoms with Gasteiger partial charge in [-0.2, -0.15) is 0 Å². The van der Waals surface area contributed by atoms with Crippen molar-refractivity contribution in [2.24, 2.45) is 10.7 Å². The molecule has 0 saturated heterocycles. The molecule has 22 heavy (non-hydrogen) atoms. The Balaban J connectivity index is 4.53. The van der Waals surface area contributed by atoms with Gasteiger partial charge in [-0.3, -0.25) is 4.99 Å². The minimum absolute atomic E-state index is 0.144. The molecule has 0 fully saturated rings. The van der Waals surface area contributed by atoms with E-state index in [1.54, 1.807) is 12.0 Å². The van der Waals surface area contributed by atoms with E-state index in [-0.39, 0.29) is 11.6 Å². The van der Waals surface area contributed by atoms with Crippen molar-refractivity contribution in [3.8, 4) is 0 Å². The van der Waals surface area contributed by atoms with Crippen LogP contribution in [0.15, 0.2) is 4.99 Å². The molecule has 130 valence electrons. The summed E-state index contributed by atoms with van der Waals surface area (Å²) in [7, 11) is 1.59. The molecule has 0 aromatic rings. The molecule has 0 aromatic carbocycles. The number of guanidine groups is 1. The normalized spacial score (nSPS) is 13.0. The van der Waals surface area contributed by atoms with Gasteiger partial charge in [0, 0.05) is 25.7 Å². The molecule has 3 N–H and O–H groups in total. The first-order valence-corrected chi connectivity index (χ1v) is 7.49. The summed E-state index contributed by atoms with van der Waals surface area (Å²) < 4.78 is 10.4. The van der Waals surface area contributed by atoms with Gasteiger partial charge in [0.15, 0.2) is 5.96 Å². The van der Waals surface area contributed by atoms with Gasteiger partial charge in [-0.15, -0.1) is 0 Å². The number of carbonyl (C=O) groups is 1. The van der Waals surface area contributed by atoms with Crippen LogP contribution in [0.5, 0.6) is 0 Å². The van der Waals surface area contributed by atoms with Gasteiger partial charge in [0.2, 0.25) is 0 Å². The molecule has 1 amide bonds. The second-order valence-corrected chi connectivity index (χ2v) is 7.10. The molecule has 0 spiro atoms. The summed E-state index contributed by atoms with van der Waals surface area (Å²) in [5.41, 5.74) is 5.13. The highest BCUT2D eigenvalue weighted by atomic mass is 16.6. The molecule has 0 heterocycles. The van der Waals surface area contributed by atoms with Gasteiger partial charge in [0.05, 0.1) is 13.2 Å². The number of nitrogens with zero attached hydrogens (tertiary/aromatic N) is 2. The Bertz CT molecular complexity index is 370.